The molecule has 28 heavy (non-hydrogen) atoms. The van der Waals surface area contributed by atoms with E-state index in [0.717, 1.165) is 11.3 Å². The minimum Gasteiger partial charge on any atom is -0.486 e. The Morgan fingerprint density at radius 1 is 0.893 bits per heavy atom. The van der Waals surface area contributed by atoms with Crippen LogP contribution in [-0.4, -0.2) is 11.1 Å². The van der Waals surface area contributed by atoms with E-state index in [1.54, 1.807) is 18.2 Å². The van der Waals surface area contributed by atoms with E-state index in [-0.39, 0.29) is 12.5 Å². The number of ether oxygens (including phenoxy) is 1. The van der Waals surface area contributed by atoms with Crippen LogP contribution in [0.3, 0.4) is 0 Å². The van der Waals surface area contributed by atoms with Crippen molar-refractivity contribution in [3.63, 3.8) is 0 Å². The molecule has 1 amide bonds. The second kappa shape index (κ2) is 8.22. The Morgan fingerprint density at radius 3 is 2.36 bits per heavy atom. The predicted molar refractivity (Wildman–Crippen MR) is 107 cm³/mol. The van der Waals surface area contributed by atoms with Gasteiger partial charge in [-0.05, 0) is 24.3 Å². The molecule has 0 radical (unpaired) electrons. The number of nitrogens with one attached hydrogen (secondary N) is 1. The number of nitrogens with zero attached hydrogens (tertiary/aromatic N) is 1. The van der Waals surface area contributed by atoms with Crippen LogP contribution in [-0.2, 0) is 6.61 Å². The number of amides is 1. The Balaban J connectivity index is 1.46. The molecule has 0 bridgehead atoms. The number of carbonyl (C=O) groups is 1. The maximum atomic E-state index is 12.6. The molecular weight excluding hydrogens is 352 g/mol. The van der Waals surface area contributed by atoms with Crippen LogP contribution in [0.25, 0.3) is 11.3 Å². The van der Waals surface area contributed by atoms with Crippen molar-refractivity contribution in [2.24, 2.45) is 0 Å². The molecule has 4 aromatic rings. The van der Waals surface area contributed by atoms with E-state index in [1.807, 2.05) is 72.8 Å². The summed E-state index contributed by atoms with van der Waals surface area (Å²) >= 11 is 0. The maximum absolute atomic E-state index is 12.6. The molecule has 0 aliphatic rings. The average Bonchev–Trinajstić information content (AvgIpc) is 3.23. The van der Waals surface area contributed by atoms with Crippen LogP contribution in [0.4, 0.5) is 5.69 Å². The first-order valence-electron chi connectivity index (χ1n) is 8.89. The third kappa shape index (κ3) is 4.10. The van der Waals surface area contributed by atoms with Crippen molar-refractivity contribution in [1.29, 1.82) is 0 Å². The van der Waals surface area contributed by atoms with Crippen LogP contribution in [0.1, 0.15) is 16.1 Å². The SMILES string of the molecule is O=C(Nc1ccccc1)c1ccccc1OCc1cc(-c2ccccc2)on1. The smallest absolute Gasteiger partial charge is 0.259 e. The summed E-state index contributed by atoms with van der Waals surface area (Å²) in [5.41, 5.74) is 2.78. The number of carbonyl (C=O) groups excluding carboxylic acids is 1. The largest absolute Gasteiger partial charge is 0.486 e. The van der Waals surface area contributed by atoms with Crippen LogP contribution in [0.2, 0.25) is 0 Å². The number of benzene rings is 3. The number of anilines is 1. The number of hydrogen-bond donors (Lipinski definition) is 1. The zero-order valence-corrected chi connectivity index (χ0v) is 15.0. The monoisotopic (exact) mass is 370 g/mol. The summed E-state index contributed by atoms with van der Waals surface area (Å²) in [6.45, 7) is 0.200. The second-order valence-corrected chi connectivity index (χ2v) is 6.15. The molecule has 1 aromatic heterocycles. The molecule has 1 heterocycles. The lowest BCUT2D eigenvalue weighted by atomic mass is 10.1. The van der Waals surface area contributed by atoms with Crippen LogP contribution in [0.15, 0.2) is 95.5 Å². The summed E-state index contributed by atoms with van der Waals surface area (Å²) in [7, 11) is 0. The van der Waals surface area contributed by atoms with E-state index in [1.165, 1.54) is 0 Å². The summed E-state index contributed by atoms with van der Waals surface area (Å²) in [5.74, 6) is 0.932. The number of rotatable bonds is 6. The molecule has 3 aromatic carbocycles. The minimum absolute atomic E-state index is 0.200. The highest BCUT2D eigenvalue weighted by Crippen LogP contribution is 2.23. The number of aromatic nitrogens is 1. The highest BCUT2D eigenvalue weighted by molar-refractivity contribution is 6.06. The Labute approximate surface area is 162 Å². The fraction of sp³-hybridized carbons (Fsp3) is 0.0435. The van der Waals surface area contributed by atoms with Gasteiger partial charge >= 0.3 is 0 Å². The van der Waals surface area contributed by atoms with E-state index in [0.29, 0.717) is 22.8 Å². The molecule has 0 fully saturated rings. The molecule has 0 saturated carbocycles. The van der Waals surface area contributed by atoms with Crippen molar-refractivity contribution >= 4 is 11.6 Å². The normalized spacial score (nSPS) is 10.4. The molecule has 0 spiro atoms. The van der Waals surface area contributed by atoms with Crippen LogP contribution in [0, 0.1) is 0 Å². The minimum atomic E-state index is -0.230. The van der Waals surface area contributed by atoms with Crippen molar-refractivity contribution in [3.05, 3.63) is 102 Å². The lowest BCUT2D eigenvalue weighted by molar-refractivity contribution is 0.102. The molecule has 5 nitrogen and oxygen atoms in total. The van der Waals surface area contributed by atoms with Crippen LogP contribution >= 0.6 is 0 Å². The van der Waals surface area contributed by atoms with E-state index in [4.69, 9.17) is 9.26 Å². The molecule has 0 aliphatic heterocycles. The summed E-state index contributed by atoms with van der Waals surface area (Å²) in [6.07, 6.45) is 0. The topological polar surface area (TPSA) is 64.4 Å². The lowest BCUT2D eigenvalue weighted by Gasteiger charge is -2.10. The third-order valence-corrected chi connectivity index (χ3v) is 4.16. The number of para-hydroxylation sites is 2. The van der Waals surface area contributed by atoms with Gasteiger partial charge in [-0.25, -0.2) is 0 Å². The third-order valence-electron chi connectivity index (χ3n) is 4.16. The highest BCUT2D eigenvalue weighted by atomic mass is 16.5. The van der Waals surface area contributed by atoms with Crippen LogP contribution < -0.4 is 10.1 Å². The van der Waals surface area contributed by atoms with Crippen molar-refractivity contribution in [2.45, 2.75) is 6.61 Å². The van der Waals surface area contributed by atoms with Crippen molar-refractivity contribution < 1.29 is 14.1 Å². The van der Waals surface area contributed by atoms with E-state index < -0.39 is 0 Å². The standard InChI is InChI=1S/C23H18N2O3/c26-23(24-18-11-5-2-6-12-18)20-13-7-8-14-21(20)27-16-19-15-22(28-25-19)17-9-3-1-4-10-17/h1-15H,16H2,(H,24,26). The Morgan fingerprint density at radius 2 is 1.57 bits per heavy atom. The van der Waals surface area contributed by atoms with Crippen molar-refractivity contribution in [3.8, 4) is 17.1 Å². The summed E-state index contributed by atoms with van der Waals surface area (Å²) in [5, 5.41) is 6.92. The van der Waals surface area contributed by atoms with Gasteiger partial charge in [-0.3, -0.25) is 4.79 Å². The van der Waals surface area contributed by atoms with E-state index in [2.05, 4.69) is 10.5 Å². The highest BCUT2D eigenvalue weighted by Gasteiger charge is 2.14. The van der Waals surface area contributed by atoms with Crippen molar-refractivity contribution in [1.82, 2.24) is 5.16 Å². The van der Waals surface area contributed by atoms with Gasteiger partial charge in [0.1, 0.15) is 18.1 Å². The molecule has 0 saturated heterocycles. The molecule has 1 N–H and O–H groups in total. The van der Waals surface area contributed by atoms with Crippen LogP contribution in [0.5, 0.6) is 5.75 Å². The van der Waals surface area contributed by atoms with Gasteiger partial charge in [0.05, 0.1) is 5.56 Å². The van der Waals surface area contributed by atoms with Gasteiger partial charge in [0, 0.05) is 17.3 Å². The van der Waals surface area contributed by atoms with Gasteiger partial charge in [0.2, 0.25) is 0 Å². The van der Waals surface area contributed by atoms with Gasteiger partial charge in [-0.15, -0.1) is 0 Å². The second-order valence-electron chi connectivity index (χ2n) is 6.15. The molecule has 0 aliphatic carbocycles. The van der Waals surface area contributed by atoms with E-state index >= 15 is 0 Å². The molecule has 5 heteroatoms. The van der Waals surface area contributed by atoms with Gasteiger partial charge in [0.15, 0.2) is 5.76 Å². The quantitative estimate of drug-likeness (QED) is 0.508. The Bertz CT molecular complexity index is 1060. The van der Waals surface area contributed by atoms with E-state index in [9.17, 15) is 4.79 Å². The zero-order valence-electron chi connectivity index (χ0n) is 15.0. The van der Waals surface area contributed by atoms with Gasteiger partial charge in [-0.1, -0.05) is 65.8 Å². The molecule has 0 atom stereocenters. The lowest BCUT2D eigenvalue weighted by Crippen LogP contribution is -2.13. The summed E-state index contributed by atoms with van der Waals surface area (Å²) in [4.78, 5) is 12.6. The van der Waals surface area contributed by atoms with Gasteiger partial charge in [0.25, 0.3) is 5.91 Å². The zero-order chi connectivity index (χ0) is 19.2. The first-order valence-corrected chi connectivity index (χ1v) is 8.89. The molecule has 4 rings (SSSR count). The van der Waals surface area contributed by atoms with Crippen molar-refractivity contribution in [2.75, 3.05) is 5.32 Å². The first-order chi connectivity index (χ1) is 13.8. The Kier molecular flexibility index (Phi) is 5.15. The first kappa shape index (κ1) is 17.5. The Hall–Kier alpha value is -3.86. The molecular formula is C23H18N2O3. The van der Waals surface area contributed by atoms with Gasteiger partial charge in [-0.2, -0.15) is 0 Å². The fourth-order valence-electron chi connectivity index (χ4n) is 2.77. The average molecular weight is 370 g/mol. The van der Waals surface area contributed by atoms with Gasteiger partial charge < -0.3 is 14.6 Å². The molecule has 0 unspecified atom stereocenters. The number of hydrogen-bond acceptors (Lipinski definition) is 4. The molecule has 138 valence electrons. The fourth-order valence-corrected chi connectivity index (χ4v) is 2.77. The maximum Gasteiger partial charge on any atom is 0.259 e. The summed E-state index contributed by atoms with van der Waals surface area (Å²) in [6, 6.07) is 28.0. The predicted octanol–water partition coefficient (Wildman–Crippen LogP) is 5.17. The summed E-state index contributed by atoms with van der Waals surface area (Å²) < 4.78 is 11.2.